The highest BCUT2D eigenvalue weighted by Crippen LogP contribution is 2.28. The van der Waals surface area contributed by atoms with Crippen LogP contribution in [0.4, 0.5) is 0 Å². The monoisotopic (exact) mass is 412 g/mol. The third-order valence-electron chi connectivity index (χ3n) is 3.48. The normalized spacial score (nSPS) is 19.2. The fourth-order valence-corrected chi connectivity index (χ4v) is 3.38. The molecule has 1 aliphatic rings. The lowest BCUT2D eigenvalue weighted by molar-refractivity contribution is -0.103. The molecular weight excluding hydrogens is 399 g/mol. The zero-order valence-electron chi connectivity index (χ0n) is 13.4. The third-order valence-corrected chi connectivity index (χ3v) is 5.30. The van der Waals surface area contributed by atoms with Crippen LogP contribution in [0.5, 0.6) is 0 Å². The van der Waals surface area contributed by atoms with Crippen LogP contribution in [0.25, 0.3) is 0 Å². The second-order valence-corrected chi connectivity index (χ2v) is 7.33. The van der Waals surface area contributed by atoms with E-state index in [0.717, 1.165) is 0 Å². The first-order chi connectivity index (χ1) is 12.5. The molecular formula is C18H14Cl2O5S. The Balaban J connectivity index is 1.47. The van der Waals surface area contributed by atoms with Crippen LogP contribution < -0.4 is 0 Å². The summed E-state index contributed by atoms with van der Waals surface area (Å²) in [5.41, 5.74) is 0.360. The summed E-state index contributed by atoms with van der Waals surface area (Å²) < 4.78 is 16.1. The molecule has 3 rings (SSSR count). The van der Waals surface area contributed by atoms with Crippen molar-refractivity contribution in [3.8, 4) is 0 Å². The number of halogens is 2. The van der Waals surface area contributed by atoms with Crippen LogP contribution in [0, 0.1) is 0 Å². The van der Waals surface area contributed by atoms with Crippen molar-refractivity contribution in [3.63, 3.8) is 0 Å². The molecule has 26 heavy (non-hydrogen) atoms. The molecule has 0 bridgehead atoms. The maximum Gasteiger partial charge on any atom is 0.340 e. The largest absolute Gasteiger partial charge is 0.458 e. The minimum Gasteiger partial charge on any atom is -0.458 e. The second kappa shape index (κ2) is 8.77. The second-order valence-electron chi connectivity index (χ2n) is 5.33. The van der Waals surface area contributed by atoms with Gasteiger partial charge in [-0.2, -0.15) is 0 Å². The molecule has 1 fully saturated rings. The van der Waals surface area contributed by atoms with E-state index in [1.165, 1.54) is 30.0 Å². The number of hydrogen-bond acceptors (Lipinski definition) is 6. The van der Waals surface area contributed by atoms with Crippen LogP contribution in [0.3, 0.4) is 0 Å². The van der Waals surface area contributed by atoms with E-state index < -0.39 is 23.7 Å². The highest BCUT2D eigenvalue weighted by Gasteiger charge is 2.30. The van der Waals surface area contributed by atoms with Gasteiger partial charge in [-0.05, 0) is 30.3 Å². The summed E-state index contributed by atoms with van der Waals surface area (Å²) in [6, 6.07) is 13.2. The van der Waals surface area contributed by atoms with Crippen molar-refractivity contribution in [2.45, 2.75) is 11.7 Å². The molecule has 0 radical (unpaired) electrons. The molecule has 2 aromatic rings. The first kappa shape index (κ1) is 19.0. The number of hydrogen-bond donors (Lipinski definition) is 0. The topological polar surface area (TPSA) is 61.8 Å². The van der Waals surface area contributed by atoms with Gasteiger partial charge in [-0.15, -0.1) is 11.8 Å². The molecule has 1 saturated heterocycles. The first-order valence-electron chi connectivity index (χ1n) is 7.68. The van der Waals surface area contributed by atoms with Crippen molar-refractivity contribution in [3.05, 3.63) is 69.7 Å². The summed E-state index contributed by atoms with van der Waals surface area (Å²) in [6.45, 7) is 0.0687. The highest BCUT2D eigenvalue weighted by atomic mass is 35.5. The van der Waals surface area contributed by atoms with Gasteiger partial charge in [0.2, 0.25) is 6.29 Å². The standard InChI is InChI=1S/C18H14Cl2O5S/c19-13-7-6-12(8-14(13)20)18(22)25-15-10-26-16(24-15)9-23-17(21)11-4-2-1-3-5-11/h1-8,15-16H,9-10H2/t15-,16+/m0/s1. The Kier molecular flexibility index (Phi) is 6.43. The Labute approximate surface area is 164 Å². The van der Waals surface area contributed by atoms with Crippen molar-refractivity contribution in [1.82, 2.24) is 0 Å². The summed E-state index contributed by atoms with van der Waals surface area (Å²) in [7, 11) is 0. The van der Waals surface area contributed by atoms with Gasteiger partial charge >= 0.3 is 11.9 Å². The van der Waals surface area contributed by atoms with Gasteiger partial charge in [-0.1, -0.05) is 41.4 Å². The Morgan fingerprint density at radius 3 is 2.54 bits per heavy atom. The average molecular weight is 413 g/mol. The first-order valence-corrected chi connectivity index (χ1v) is 9.48. The minimum atomic E-state index is -0.720. The molecule has 0 amide bonds. The number of ether oxygens (including phenoxy) is 3. The van der Waals surface area contributed by atoms with E-state index >= 15 is 0 Å². The minimum absolute atomic E-state index is 0.0687. The van der Waals surface area contributed by atoms with E-state index in [2.05, 4.69) is 0 Å². The lowest BCUT2D eigenvalue weighted by Gasteiger charge is -2.14. The molecule has 0 spiro atoms. The van der Waals surface area contributed by atoms with Crippen LogP contribution >= 0.6 is 35.0 Å². The fourth-order valence-electron chi connectivity index (χ4n) is 2.19. The summed E-state index contributed by atoms with van der Waals surface area (Å²) >= 11 is 13.1. The number of esters is 2. The van der Waals surface area contributed by atoms with Gasteiger partial charge in [0.1, 0.15) is 12.0 Å². The van der Waals surface area contributed by atoms with Gasteiger partial charge in [0.15, 0.2) is 0 Å². The van der Waals surface area contributed by atoms with Gasteiger partial charge in [0, 0.05) is 0 Å². The van der Waals surface area contributed by atoms with Crippen LogP contribution in [-0.2, 0) is 14.2 Å². The number of thioether (sulfide) groups is 1. The number of benzene rings is 2. The van der Waals surface area contributed by atoms with Gasteiger partial charge in [0.05, 0.1) is 26.9 Å². The number of carbonyl (C=O) groups excluding carboxylic acids is 2. The van der Waals surface area contributed by atoms with Crippen LogP contribution in [0.1, 0.15) is 20.7 Å². The Hall–Kier alpha value is -1.73. The Morgan fingerprint density at radius 2 is 1.81 bits per heavy atom. The van der Waals surface area contributed by atoms with E-state index in [0.29, 0.717) is 16.3 Å². The zero-order valence-corrected chi connectivity index (χ0v) is 15.7. The molecule has 5 nitrogen and oxygen atoms in total. The fraction of sp³-hybridized carbons (Fsp3) is 0.222. The van der Waals surface area contributed by atoms with E-state index in [1.54, 1.807) is 24.3 Å². The summed E-state index contributed by atoms with van der Waals surface area (Å²) in [6.07, 6.45) is -0.720. The smallest absolute Gasteiger partial charge is 0.340 e. The lowest BCUT2D eigenvalue weighted by atomic mass is 10.2. The highest BCUT2D eigenvalue weighted by molar-refractivity contribution is 8.00. The van der Waals surface area contributed by atoms with Crippen molar-refractivity contribution >= 4 is 46.9 Å². The SMILES string of the molecule is O=C(OC[C@@H]1O[C@@H](OC(=O)c2ccc(Cl)c(Cl)c2)CS1)c1ccccc1. The predicted molar refractivity (Wildman–Crippen MR) is 99.7 cm³/mol. The third kappa shape index (κ3) is 4.92. The molecule has 0 N–H and O–H groups in total. The summed E-state index contributed by atoms with van der Waals surface area (Å²) in [5, 5.41) is 0.629. The predicted octanol–water partition coefficient (Wildman–Crippen LogP) is 4.42. The van der Waals surface area contributed by atoms with Crippen molar-refractivity contribution in [1.29, 1.82) is 0 Å². The van der Waals surface area contributed by atoms with Gasteiger partial charge in [-0.25, -0.2) is 9.59 Å². The molecule has 0 saturated carbocycles. The molecule has 1 aliphatic heterocycles. The van der Waals surface area contributed by atoms with Crippen molar-refractivity contribution in [2.75, 3.05) is 12.4 Å². The zero-order chi connectivity index (χ0) is 18.5. The van der Waals surface area contributed by atoms with E-state index in [1.807, 2.05) is 6.07 Å². The summed E-state index contributed by atoms with van der Waals surface area (Å²) in [5.74, 6) is -0.539. The maximum absolute atomic E-state index is 12.1. The van der Waals surface area contributed by atoms with E-state index in [9.17, 15) is 9.59 Å². The molecule has 0 unspecified atom stereocenters. The molecule has 2 atom stereocenters. The van der Waals surface area contributed by atoms with Gasteiger partial charge < -0.3 is 14.2 Å². The molecule has 1 heterocycles. The molecule has 0 aliphatic carbocycles. The molecule has 0 aromatic heterocycles. The number of rotatable bonds is 5. The van der Waals surface area contributed by atoms with Gasteiger partial charge in [0.25, 0.3) is 0 Å². The lowest BCUT2D eigenvalue weighted by Crippen LogP contribution is -2.23. The molecule has 2 aromatic carbocycles. The quantitative estimate of drug-likeness (QED) is 0.677. The maximum atomic E-state index is 12.1. The average Bonchev–Trinajstić information content (AvgIpc) is 3.10. The van der Waals surface area contributed by atoms with E-state index in [-0.39, 0.29) is 17.2 Å². The van der Waals surface area contributed by atoms with Crippen LogP contribution in [-0.4, -0.2) is 36.0 Å². The molecule has 8 heteroatoms. The Morgan fingerprint density at radius 1 is 1.04 bits per heavy atom. The Bertz CT molecular complexity index is 799. The number of carbonyl (C=O) groups is 2. The van der Waals surface area contributed by atoms with Crippen molar-refractivity contribution in [2.24, 2.45) is 0 Å². The van der Waals surface area contributed by atoms with Crippen LogP contribution in [0.2, 0.25) is 10.0 Å². The van der Waals surface area contributed by atoms with Crippen LogP contribution in [0.15, 0.2) is 48.5 Å². The van der Waals surface area contributed by atoms with Crippen molar-refractivity contribution < 1.29 is 23.8 Å². The van der Waals surface area contributed by atoms with E-state index in [4.69, 9.17) is 37.4 Å². The van der Waals surface area contributed by atoms with Gasteiger partial charge in [-0.3, -0.25) is 0 Å². The molecule has 136 valence electrons. The summed E-state index contributed by atoms with van der Waals surface area (Å²) in [4.78, 5) is 24.0.